The van der Waals surface area contributed by atoms with Crippen LogP contribution < -0.4 is 4.74 Å². The van der Waals surface area contributed by atoms with Crippen LogP contribution in [0.5, 0.6) is 5.75 Å². The maximum atomic E-state index is 15.6. The fourth-order valence-corrected chi connectivity index (χ4v) is 5.78. The SMILES string of the molecule is COc1ccc2ncc(Cl)c([C@H](F)CCC3(CO)CCN(CCCSc4cnccn4)CC3)c2c1. The van der Waals surface area contributed by atoms with Crippen LogP contribution >= 0.6 is 23.4 Å². The Balaban J connectivity index is 1.30. The average Bonchev–Trinajstić information content (AvgIpc) is 2.90. The van der Waals surface area contributed by atoms with Crippen molar-refractivity contribution in [3.05, 3.63) is 53.6 Å². The maximum Gasteiger partial charge on any atom is 0.127 e. The highest BCUT2D eigenvalue weighted by atomic mass is 35.5. The van der Waals surface area contributed by atoms with Crippen molar-refractivity contribution in [3.63, 3.8) is 0 Å². The summed E-state index contributed by atoms with van der Waals surface area (Å²) >= 11 is 8.12. The summed E-state index contributed by atoms with van der Waals surface area (Å²) in [4.78, 5) is 15.2. The number of alkyl halides is 1. The van der Waals surface area contributed by atoms with Gasteiger partial charge in [-0.25, -0.2) is 9.37 Å². The zero-order valence-corrected chi connectivity index (χ0v) is 21.6. The molecular weight excluding hydrogens is 487 g/mol. The van der Waals surface area contributed by atoms with Crippen LogP contribution in [0.2, 0.25) is 5.02 Å². The standard InChI is InChI=1S/C26H32ClFN4O2S/c1-34-19-3-4-23-20(15-19)25(21(27)16-31-23)22(28)5-6-26(18-33)7-12-32(13-8-26)11-2-14-35-24-17-29-9-10-30-24/h3-4,9-10,15-17,22,33H,2,5-8,11-14,18H2,1H3/t22-/m1/s1. The minimum atomic E-state index is -1.24. The van der Waals surface area contributed by atoms with Crippen molar-refractivity contribution in [2.75, 3.05) is 39.1 Å². The Hall–Kier alpha value is -2.00. The van der Waals surface area contributed by atoms with Gasteiger partial charge < -0.3 is 14.7 Å². The van der Waals surface area contributed by atoms with Gasteiger partial charge in [-0.05, 0) is 75.4 Å². The minimum absolute atomic E-state index is 0.0781. The van der Waals surface area contributed by atoms with E-state index in [1.807, 2.05) is 12.1 Å². The van der Waals surface area contributed by atoms with E-state index in [4.69, 9.17) is 16.3 Å². The first-order valence-electron chi connectivity index (χ1n) is 12.0. The monoisotopic (exact) mass is 518 g/mol. The Labute approximate surface area is 215 Å². The number of benzene rings is 1. The molecule has 0 spiro atoms. The smallest absolute Gasteiger partial charge is 0.127 e. The van der Waals surface area contributed by atoms with Gasteiger partial charge in [0, 0.05) is 41.9 Å². The largest absolute Gasteiger partial charge is 0.497 e. The van der Waals surface area contributed by atoms with E-state index in [0.717, 1.165) is 49.7 Å². The molecule has 1 atom stereocenters. The maximum absolute atomic E-state index is 15.6. The van der Waals surface area contributed by atoms with Gasteiger partial charge in [-0.1, -0.05) is 11.6 Å². The molecule has 1 aliphatic rings. The predicted molar refractivity (Wildman–Crippen MR) is 139 cm³/mol. The fourth-order valence-electron chi connectivity index (χ4n) is 4.75. The molecule has 0 radical (unpaired) electrons. The number of ether oxygens (including phenoxy) is 1. The number of piperidine rings is 1. The van der Waals surface area contributed by atoms with Gasteiger partial charge in [-0.3, -0.25) is 9.97 Å². The van der Waals surface area contributed by atoms with Gasteiger partial charge in [0.25, 0.3) is 0 Å². The summed E-state index contributed by atoms with van der Waals surface area (Å²) in [5.74, 6) is 1.64. The third-order valence-corrected chi connectivity index (χ3v) is 8.27. The highest BCUT2D eigenvalue weighted by molar-refractivity contribution is 7.99. The summed E-state index contributed by atoms with van der Waals surface area (Å²) in [5.41, 5.74) is 0.902. The predicted octanol–water partition coefficient (Wildman–Crippen LogP) is 5.73. The van der Waals surface area contributed by atoms with E-state index >= 15 is 4.39 Å². The van der Waals surface area contributed by atoms with Gasteiger partial charge in [-0.15, -0.1) is 11.8 Å². The molecule has 0 amide bonds. The Morgan fingerprint density at radius 3 is 2.77 bits per heavy atom. The van der Waals surface area contributed by atoms with Crippen LogP contribution in [0.15, 0.2) is 48.0 Å². The molecule has 3 aromatic rings. The van der Waals surface area contributed by atoms with Crippen LogP contribution in [-0.2, 0) is 0 Å². The number of hydrogen-bond acceptors (Lipinski definition) is 7. The Kier molecular flexibility index (Phi) is 9.16. The van der Waals surface area contributed by atoms with Gasteiger partial charge in [0.2, 0.25) is 0 Å². The van der Waals surface area contributed by atoms with Crippen molar-refractivity contribution in [3.8, 4) is 5.75 Å². The van der Waals surface area contributed by atoms with Crippen molar-refractivity contribution in [1.29, 1.82) is 0 Å². The van der Waals surface area contributed by atoms with Crippen LogP contribution in [0.4, 0.5) is 4.39 Å². The van der Waals surface area contributed by atoms with Crippen LogP contribution in [0.25, 0.3) is 10.9 Å². The van der Waals surface area contributed by atoms with E-state index in [9.17, 15) is 5.11 Å². The number of likely N-dealkylation sites (tertiary alicyclic amines) is 1. The lowest BCUT2D eigenvalue weighted by molar-refractivity contribution is 0.0304. The normalized spacial score (nSPS) is 16.9. The first-order valence-corrected chi connectivity index (χ1v) is 13.4. The molecule has 9 heteroatoms. The molecule has 1 saturated heterocycles. The number of aliphatic hydroxyl groups excluding tert-OH is 1. The van der Waals surface area contributed by atoms with Crippen molar-refractivity contribution >= 4 is 34.3 Å². The number of halogens is 2. The second kappa shape index (κ2) is 12.3. The van der Waals surface area contributed by atoms with E-state index in [1.165, 1.54) is 6.20 Å². The number of aliphatic hydroxyl groups is 1. The molecule has 1 fully saturated rings. The zero-order valence-electron chi connectivity index (χ0n) is 20.0. The summed E-state index contributed by atoms with van der Waals surface area (Å²) in [6.45, 7) is 2.93. The molecule has 4 rings (SSSR count). The molecule has 0 bridgehead atoms. The number of aromatic nitrogens is 3. The van der Waals surface area contributed by atoms with Crippen LogP contribution in [0, 0.1) is 5.41 Å². The summed E-state index contributed by atoms with van der Waals surface area (Å²) < 4.78 is 20.9. The number of pyridine rings is 1. The summed E-state index contributed by atoms with van der Waals surface area (Å²) in [5, 5.41) is 12.2. The van der Waals surface area contributed by atoms with E-state index in [0.29, 0.717) is 40.1 Å². The molecule has 0 unspecified atom stereocenters. The van der Waals surface area contributed by atoms with Crippen LogP contribution in [0.3, 0.4) is 0 Å². The molecule has 0 saturated carbocycles. The first kappa shape index (κ1) is 26.1. The molecule has 6 nitrogen and oxygen atoms in total. The Morgan fingerprint density at radius 1 is 1.23 bits per heavy atom. The average molecular weight is 519 g/mol. The third-order valence-electron chi connectivity index (χ3n) is 6.97. The first-order chi connectivity index (χ1) is 17.0. The van der Waals surface area contributed by atoms with E-state index in [-0.39, 0.29) is 12.0 Å². The topological polar surface area (TPSA) is 71.4 Å². The highest BCUT2D eigenvalue weighted by Gasteiger charge is 2.35. The van der Waals surface area contributed by atoms with Gasteiger partial charge in [0.15, 0.2) is 0 Å². The molecule has 188 valence electrons. The van der Waals surface area contributed by atoms with Crippen molar-refractivity contribution in [1.82, 2.24) is 19.9 Å². The van der Waals surface area contributed by atoms with Crippen molar-refractivity contribution < 1.29 is 14.2 Å². The Bertz CT molecular complexity index is 1100. The van der Waals surface area contributed by atoms with E-state index in [1.54, 1.807) is 43.5 Å². The summed E-state index contributed by atoms with van der Waals surface area (Å²) in [6, 6.07) is 5.42. The third kappa shape index (κ3) is 6.61. The molecule has 3 heterocycles. The number of thioether (sulfide) groups is 1. The second-order valence-corrected chi connectivity index (χ2v) is 10.7. The van der Waals surface area contributed by atoms with E-state index < -0.39 is 6.17 Å². The lowest BCUT2D eigenvalue weighted by atomic mass is 9.74. The number of nitrogens with zero attached hydrogens (tertiary/aromatic N) is 4. The van der Waals surface area contributed by atoms with E-state index in [2.05, 4.69) is 19.9 Å². The molecule has 0 aliphatic carbocycles. The fraction of sp³-hybridized carbons (Fsp3) is 0.500. The summed E-state index contributed by atoms with van der Waals surface area (Å²) in [6.07, 6.45) is 9.19. The Morgan fingerprint density at radius 2 is 2.06 bits per heavy atom. The minimum Gasteiger partial charge on any atom is -0.497 e. The lowest BCUT2D eigenvalue weighted by Crippen LogP contribution is -2.42. The number of hydrogen-bond donors (Lipinski definition) is 1. The van der Waals surface area contributed by atoms with Gasteiger partial charge in [0.05, 0.1) is 23.8 Å². The van der Waals surface area contributed by atoms with Gasteiger partial charge >= 0.3 is 0 Å². The highest BCUT2D eigenvalue weighted by Crippen LogP contribution is 2.41. The number of methoxy groups -OCH3 is 1. The van der Waals surface area contributed by atoms with Crippen molar-refractivity contribution in [2.45, 2.75) is 43.3 Å². The number of fused-ring (bicyclic) bond motifs is 1. The molecule has 1 aliphatic heterocycles. The molecule has 2 aromatic heterocycles. The zero-order chi connectivity index (χ0) is 24.7. The van der Waals surface area contributed by atoms with Crippen LogP contribution in [-0.4, -0.2) is 64.1 Å². The summed E-state index contributed by atoms with van der Waals surface area (Å²) in [7, 11) is 1.58. The van der Waals surface area contributed by atoms with Crippen molar-refractivity contribution in [2.24, 2.45) is 5.41 Å². The van der Waals surface area contributed by atoms with Crippen LogP contribution in [0.1, 0.15) is 43.8 Å². The quantitative estimate of drug-likeness (QED) is 0.256. The molecular formula is C26H32ClFN4O2S. The molecule has 35 heavy (non-hydrogen) atoms. The second-order valence-electron chi connectivity index (χ2n) is 9.15. The van der Waals surface area contributed by atoms with Gasteiger partial charge in [-0.2, -0.15) is 0 Å². The van der Waals surface area contributed by atoms with Gasteiger partial charge in [0.1, 0.15) is 16.9 Å². The molecule has 1 N–H and O–H groups in total. The lowest BCUT2D eigenvalue weighted by Gasteiger charge is -2.41. The molecule has 1 aromatic carbocycles. The number of rotatable bonds is 11.